The lowest BCUT2D eigenvalue weighted by Gasteiger charge is -2.23. The number of hydrogen-bond donors (Lipinski definition) is 2. The summed E-state index contributed by atoms with van der Waals surface area (Å²) in [5.41, 5.74) is 0. The number of hydrogen-bond acceptors (Lipinski definition) is 10. The van der Waals surface area contributed by atoms with Crippen LogP contribution in [0.5, 0.6) is 0 Å². The molecule has 0 amide bonds. The number of unbranched alkanes of at least 4 members (excludes halogenated alkanes) is 2. The van der Waals surface area contributed by atoms with E-state index in [1.54, 1.807) is 60.7 Å². The van der Waals surface area contributed by atoms with Crippen molar-refractivity contribution in [1.29, 1.82) is 0 Å². The van der Waals surface area contributed by atoms with Gasteiger partial charge in [0.1, 0.15) is 0 Å². The summed E-state index contributed by atoms with van der Waals surface area (Å²) in [5.74, 6) is -2.41. The van der Waals surface area contributed by atoms with Gasteiger partial charge in [-0.15, -0.1) is 0 Å². The highest BCUT2D eigenvalue weighted by Gasteiger charge is 2.26. The van der Waals surface area contributed by atoms with Crippen LogP contribution in [0.4, 0.5) is 0 Å². The fraction of sp³-hybridized carbons (Fsp3) is 0.533. The summed E-state index contributed by atoms with van der Waals surface area (Å²) in [7, 11) is -6.83. The number of nitrogens with one attached hydrogen (secondary N) is 2. The van der Waals surface area contributed by atoms with Gasteiger partial charge in [-0.2, -0.15) is 0 Å². The summed E-state index contributed by atoms with van der Waals surface area (Å²) in [6.07, 6.45) is 0.625. The van der Waals surface area contributed by atoms with Crippen LogP contribution in [0, 0.1) is 0 Å². The maximum absolute atomic E-state index is 12.6. The molecular weight excluding hydrogens is 580 g/mol. The molecule has 2 aromatic carbocycles. The third-order valence-electron chi connectivity index (χ3n) is 6.17. The fourth-order valence-electron chi connectivity index (χ4n) is 4.19. The Morgan fingerprint density at radius 2 is 0.929 bits per heavy atom. The molecule has 0 fully saturated rings. The molecule has 0 bridgehead atoms. The van der Waals surface area contributed by atoms with E-state index in [4.69, 9.17) is 9.47 Å². The van der Waals surface area contributed by atoms with Crippen molar-refractivity contribution in [1.82, 2.24) is 10.6 Å². The van der Waals surface area contributed by atoms with Crippen LogP contribution in [0.3, 0.4) is 0 Å². The molecule has 2 rings (SSSR count). The van der Waals surface area contributed by atoms with E-state index in [1.807, 2.05) is 27.7 Å². The van der Waals surface area contributed by atoms with Gasteiger partial charge in [-0.3, -0.25) is 10.6 Å². The van der Waals surface area contributed by atoms with Crippen molar-refractivity contribution in [3.63, 3.8) is 0 Å². The number of ether oxygens (including phenoxy) is 2. The zero-order valence-corrected chi connectivity index (χ0v) is 26.5. The van der Waals surface area contributed by atoms with Gasteiger partial charge < -0.3 is 9.47 Å². The van der Waals surface area contributed by atoms with Crippen LogP contribution in [0.2, 0.25) is 0 Å². The molecule has 2 aromatic rings. The van der Waals surface area contributed by atoms with Crippen molar-refractivity contribution in [3.05, 3.63) is 60.7 Å². The maximum Gasteiger partial charge on any atom is 0.419 e. The van der Waals surface area contributed by atoms with Crippen LogP contribution in [-0.2, 0) is 38.7 Å². The number of carbonyl (C=O) groups excluding carboxylic acids is 2. The van der Waals surface area contributed by atoms with Crippen molar-refractivity contribution < 1.29 is 35.9 Å². The standard InChI is InChI=1S/C30H44N2O8S2/c1-23(2)31-27(19-11-13-21-41(35,36)25-15-7-5-8-16-25)39-29(33)30(34)40-28(32-24(3)4)20-12-14-22-42(37,38)26-17-9-6-10-18-26/h5-10,15-18,23-24,27-28,31-32H,11-14,19-22H2,1-4H3. The minimum absolute atomic E-state index is 0.0450. The zero-order chi connectivity index (χ0) is 31.2. The molecule has 12 heteroatoms. The van der Waals surface area contributed by atoms with Gasteiger partial charge in [-0.25, -0.2) is 26.4 Å². The Morgan fingerprint density at radius 1 is 0.595 bits per heavy atom. The van der Waals surface area contributed by atoms with Crippen molar-refractivity contribution in [2.24, 2.45) is 0 Å². The van der Waals surface area contributed by atoms with Gasteiger partial charge >= 0.3 is 11.9 Å². The molecule has 0 heterocycles. The summed E-state index contributed by atoms with van der Waals surface area (Å²) in [6.45, 7) is 7.44. The minimum Gasteiger partial charge on any atom is -0.438 e. The summed E-state index contributed by atoms with van der Waals surface area (Å²) >= 11 is 0. The number of carbonyl (C=O) groups is 2. The van der Waals surface area contributed by atoms with Gasteiger partial charge in [0.05, 0.1) is 21.3 Å². The van der Waals surface area contributed by atoms with E-state index in [2.05, 4.69) is 10.6 Å². The van der Waals surface area contributed by atoms with Crippen LogP contribution < -0.4 is 10.6 Å². The molecule has 2 N–H and O–H groups in total. The van der Waals surface area contributed by atoms with E-state index < -0.39 is 44.1 Å². The Morgan fingerprint density at radius 3 is 1.24 bits per heavy atom. The Bertz CT molecular complexity index is 1210. The number of sulfone groups is 2. The van der Waals surface area contributed by atoms with Crippen LogP contribution in [-0.4, -0.2) is 64.8 Å². The lowest BCUT2D eigenvalue weighted by molar-refractivity contribution is -0.176. The first-order valence-electron chi connectivity index (χ1n) is 14.3. The largest absolute Gasteiger partial charge is 0.438 e. The zero-order valence-electron chi connectivity index (χ0n) is 24.8. The first kappa shape index (κ1) is 35.4. The van der Waals surface area contributed by atoms with E-state index in [0.29, 0.717) is 38.5 Å². The normalized spacial score (nSPS) is 13.6. The highest BCUT2D eigenvalue weighted by atomic mass is 32.2. The average molecular weight is 625 g/mol. The van der Waals surface area contributed by atoms with Gasteiger partial charge in [0.25, 0.3) is 0 Å². The average Bonchev–Trinajstić information content (AvgIpc) is 2.93. The Balaban J connectivity index is 1.86. The summed E-state index contributed by atoms with van der Waals surface area (Å²) in [6, 6.07) is 16.3. The molecule has 234 valence electrons. The van der Waals surface area contributed by atoms with Crippen molar-refractivity contribution >= 4 is 31.6 Å². The van der Waals surface area contributed by atoms with Crippen LogP contribution >= 0.6 is 0 Å². The molecule has 0 radical (unpaired) electrons. The van der Waals surface area contributed by atoms with Crippen LogP contribution in [0.25, 0.3) is 0 Å². The van der Waals surface area contributed by atoms with Gasteiger partial charge in [0.15, 0.2) is 32.1 Å². The summed E-state index contributed by atoms with van der Waals surface area (Å²) in [5, 5.41) is 6.15. The molecule has 0 saturated carbocycles. The van der Waals surface area contributed by atoms with Crippen LogP contribution in [0.1, 0.15) is 66.2 Å². The molecule has 0 aliphatic carbocycles. The van der Waals surface area contributed by atoms with Gasteiger partial charge in [0, 0.05) is 12.1 Å². The van der Waals surface area contributed by atoms with Crippen molar-refractivity contribution in [2.45, 2.75) is 101 Å². The Hall–Kier alpha value is -2.80. The first-order valence-corrected chi connectivity index (χ1v) is 17.6. The molecule has 42 heavy (non-hydrogen) atoms. The quantitative estimate of drug-likeness (QED) is 0.108. The molecule has 0 aromatic heterocycles. The van der Waals surface area contributed by atoms with Crippen molar-refractivity contribution in [3.8, 4) is 0 Å². The van der Waals surface area contributed by atoms with E-state index in [9.17, 15) is 26.4 Å². The number of esters is 2. The second-order valence-electron chi connectivity index (χ2n) is 10.7. The lowest BCUT2D eigenvalue weighted by atomic mass is 10.2. The first-order chi connectivity index (χ1) is 19.8. The van der Waals surface area contributed by atoms with Gasteiger partial charge in [-0.05, 0) is 90.5 Å². The third kappa shape index (κ3) is 13.0. The van der Waals surface area contributed by atoms with E-state index in [1.165, 1.54) is 0 Å². The molecular formula is C30H44N2O8S2. The number of rotatable bonds is 18. The molecule has 2 atom stereocenters. The molecule has 0 spiro atoms. The summed E-state index contributed by atoms with van der Waals surface area (Å²) in [4.78, 5) is 25.7. The molecule has 0 saturated heterocycles. The molecule has 2 unspecified atom stereocenters. The van der Waals surface area contributed by atoms with Gasteiger partial charge in [0.2, 0.25) is 0 Å². The molecule has 10 nitrogen and oxygen atoms in total. The highest BCUT2D eigenvalue weighted by Crippen LogP contribution is 2.15. The SMILES string of the molecule is CC(C)NC(CCCCS(=O)(=O)c1ccccc1)OC(=O)C(=O)OC(CCCCS(=O)(=O)c1ccccc1)NC(C)C. The maximum atomic E-state index is 12.6. The van der Waals surface area contributed by atoms with Crippen molar-refractivity contribution in [2.75, 3.05) is 11.5 Å². The third-order valence-corrected chi connectivity index (χ3v) is 9.80. The fourth-order valence-corrected chi connectivity index (χ4v) is 6.97. The predicted molar refractivity (Wildman–Crippen MR) is 161 cm³/mol. The van der Waals surface area contributed by atoms with Crippen LogP contribution in [0.15, 0.2) is 70.5 Å². The summed E-state index contributed by atoms with van der Waals surface area (Å²) < 4.78 is 60.8. The van der Waals surface area contributed by atoms with Gasteiger partial charge in [-0.1, -0.05) is 36.4 Å². The minimum atomic E-state index is -3.42. The van der Waals surface area contributed by atoms with E-state index >= 15 is 0 Å². The predicted octanol–water partition coefficient (Wildman–Crippen LogP) is 4.01. The Labute approximate surface area is 250 Å². The smallest absolute Gasteiger partial charge is 0.419 e. The lowest BCUT2D eigenvalue weighted by Crippen LogP contribution is -2.43. The number of benzene rings is 2. The molecule has 0 aliphatic heterocycles. The second kappa shape index (κ2) is 17.3. The highest BCUT2D eigenvalue weighted by molar-refractivity contribution is 7.91. The molecule has 0 aliphatic rings. The topological polar surface area (TPSA) is 145 Å². The van der Waals surface area contributed by atoms with E-state index in [0.717, 1.165) is 0 Å². The van der Waals surface area contributed by atoms with E-state index in [-0.39, 0.29) is 33.4 Å². The Kier molecular flexibility index (Phi) is 14.6. The second-order valence-corrected chi connectivity index (χ2v) is 14.9. The monoisotopic (exact) mass is 624 g/mol.